The van der Waals surface area contributed by atoms with Gasteiger partial charge < -0.3 is 9.47 Å². The highest BCUT2D eigenvalue weighted by atomic mass is 15.1. The van der Waals surface area contributed by atoms with Crippen LogP contribution in [-0.2, 0) is 0 Å². The Hall–Kier alpha value is -8.72. The standard InChI is InChI=1S/C64H44N2/c1-3-15-45(16-4-1)47-27-29-48(30-28-47)49-33-38-55(39-34-49)65(64-44-54(37-42-58(64)50-18-5-2-6-19-50)53-32-31-46-17-7-8-20-52(46)43-53)56-40-35-51(36-41-56)57-21-9-12-24-61(57)66-62-25-13-10-22-59(62)60-23-11-14-26-63(60)66/h1-44H. The number of rotatable bonds is 9. The zero-order valence-electron chi connectivity index (χ0n) is 36.3. The average molecular weight is 841 g/mol. The molecule has 0 amide bonds. The second kappa shape index (κ2) is 16.8. The Morgan fingerprint density at radius 2 is 0.682 bits per heavy atom. The molecule has 0 aliphatic rings. The van der Waals surface area contributed by atoms with E-state index in [1.165, 1.54) is 66.0 Å². The third-order valence-corrected chi connectivity index (χ3v) is 13.0. The summed E-state index contributed by atoms with van der Waals surface area (Å²) >= 11 is 0. The van der Waals surface area contributed by atoms with Gasteiger partial charge >= 0.3 is 0 Å². The molecule has 0 bridgehead atoms. The van der Waals surface area contributed by atoms with Gasteiger partial charge in [0.15, 0.2) is 0 Å². The van der Waals surface area contributed by atoms with Gasteiger partial charge in [-0.15, -0.1) is 0 Å². The van der Waals surface area contributed by atoms with Gasteiger partial charge in [0, 0.05) is 33.3 Å². The van der Waals surface area contributed by atoms with Gasteiger partial charge in [-0.1, -0.05) is 212 Å². The lowest BCUT2D eigenvalue weighted by molar-refractivity contribution is 1.18. The molecule has 0 atom stereocenters. The van der Waals surface area contributed by atoms with Crippen molar-refractivity contribution < 1.29 is 0 Å². The van der Waals surface area contributed by atoms with Crippen molar-refractivity contribution in [1.29, 1.82) is 0 Å². The summed E-state index contributed by atoms with van der Waals surface area (Å²) in [6.07, 6.45) is 0. The van der Waals surface area contributed by atoms with Crippen molar-refractivity contribution in [3.05, 3.63) is 267 Å². The van der Waals surface area contributed by atoms with Crippen LogP contribution in [0.25, 0.3) is 93.9 Å². The summed E-state index contributed by atoms with van der Waals surface area (Å²) in [5.41, 5.74) is 18.6. The minimum atomic E-state index is 1.07. The van der Waals surface area contributed by atoms with Gasteiger partial charge in [0.05, 0.1) is 22.4 Å². The highest BCUT2D eigenvalue weighted by Gasteiger charge is 2.21. The van der Waals surface area contributed by atoms with Gasteiger partial charge in [-0.3, -0.25) is 0 Å². The first-order valence-corrected chi connectivity index (χ1v) is 22.7. The minimum absolute atomic E-state index is 1.07. The van der Waals surface area contributed by atoms with Crippen LogP contribution in [-0.4, -0.2) is 4.57 Å². The van der Waals surface area contributed by atoms with Crippen molar-refractivity contribution in [3.8, 4) is 61.3 Å². The smallest absolute Gasteiger partial charge is 0.0546 e. The van der Waals surface area contributed by atoms with Crippen LogP contribution in [0.15, 0.2) is 267 Å². The number of para-hydroxylation sites is 3. The number of nitrogens with zero attached hydrogens (tertiary/aromatic N) is 2. The van der Waals surface area contributed by atoms with Crippen LogP contribution in [0.4, 0.5) is 17.1 Å². The lowest BCUT2D eigenvalue weighted by atomic mass is 9.95. The van der Waals surface area contributed by atoms with Crippen molar-refractivity contribution in [3.63, 3.8) is 0 Å². The summed E-state index contributed by atoms with van der Waals surface area (Å²) in [5, 5.41) is 4.97. The minimum Gasteiger partial charge on any atom is -0.310 e. The summed E-state index contributed by atoms with van der Waals surface area (Å²) in [7, 11) is 0. The van der Waals surface area contributed by atoms with Crippen LogP contribution < -0.4 is 4.90 Å². The number of benzene rings is 11. The molecule has 2 nitrogen and oxygen atoms in total. The molecule has 0 aliphatic heterocycles. The van der Waals surface area contributed by atoms with Crippen LogP contribution in [0.5, 0.6) is 0 Å². The molecule has 11 aromatic carbocycles. The van der Waals surface area contributed by atoms with Gasteiger partial charge in [0.25, 0.3) is 0 Å². The quantitative estimate of drug-likeness (QED) is 0.141. The first-order chi connectivity index (χ1) is 32.7. The fraction of sp³-hybridized carbons (Fsp3) is 0. The molecule has 0 aliphatic carbocycles. The monoisotopic (exact) mass is 840 g/mol. The molecular weight excluding hydrogens is 797 g/mol. The molecule has 12 rings (SSSR count). The fourth-order valence-electron chi connectivity index (χ4n) is 9.73. The van der Waals surface area contributed by atoms with E-state index in [4.69, 9.17) is 0 Å². The largest absolute Gasteiger partial charge is 0.310 e. The highest BCUT2D eigenvalue weighted by Crippen LogP contribution is 2.45. The van der Waals surface area contributed by atoms with E-state index in [0.29, 0.717) is 0 Å². The van der Waals surface area contributed by atoms with E-state index < -0.39 is 0 Å². The van der Waals surface area contributed by atoms with E-state index >= 15 is 0 Å². The Morgan fingerprint density at radius 3 is 1.32 bits per heavy atom. The zero-order chi connectivity index (χ0) is 43.8. The van der Waals surface area contributed by atoms with Gasteiger partial charge in [-0.05, 0) is 110 Å². The predicted molar refractivity (Wildman–Crippen MR) is 280 cm³/mol. The molecule has 0 unspecified atom stereocenters. The molecule has 0 saturated carbocycles. The van der Waals surface area contributed by atoms with Crippen molar-refractivity contribution >= 4 is 49.6 Å². The third kappa shape index (κ3) is 7.12. The van der Waals surface area contributed by atoms with Crippen LogP contribution in [0.2, 0.25) is 0 Å². The van der Waals surface area contributed by atoms with E-state index in [1.54, 1.807) is 0 Å². The zero-order valence-corrected chi connectivity index (χ0v) is 36.3. The lowest BCUT2D eigenvalue weighted by Gasteiger charge is -2.29. The molecule has 0 saturated heterocycles. The first kappa shape index (κ1) is 38.9. The third-order valence-electron chi connectivity index (χ3n) is 13.0. The molecule has 0 radical (unpaired) electrons. The molecule has 0 N–H and O–H groups in total. The highest BCUT2D eigenvalue weighted by molar-refractivity contribution is 6.09. The van der Waals surface area contributed by atoms with Crippen LogP contribution >= 0.6 is 0 Å². The van der Waals surface area contributed by atoms with E-state index in [9.17, 15) is 0 Å². The summed E-state index contributed by atoms with van der Waals surface area (Å²) in [5.74, 6) is 0. The topological polar surface area (TPSA) is 8.17 Å². The molecule has 2 heteroatoms. The molecule has 1 heterocycles. The molecular formula is C64H44N2. The molecule has 0 spiro atoms. The van der Waals surface area contributed by atoms with Crippen LogP contribution in [0.1, 0.15) is 0 Å². The SMILES string of the molecule is c1ccc(-c2ccc(-c3ccc(N(c4ccc(-c5ccccc5-n5c6ccccc6c6ccccc65)cc4)c4cc(-c5ccc6ccccc6c5)ccc4-c4ccccc4)cc3)cc2)cc1. The van der Waals surface area contributed by atoms with Crippen molar-refractivity contribution in [1.82, 2.24) is 4.57 Å². The van der Waals surface area contributed by atoms with Crippen molar-refractivity contribution in [2.24, 2.45) is 0 Å². The van der Waals surface area contributed by atoms with Crippen LogP contribution in [0.3, 0.4) is 0 Å². The first-order valence-electron chi connectivity index (χ1n) is 22.7. The lowest BCUT2D eigenvalue weighted by Crippen LogP contribution is -2.11. The second-order valence-electron chi connectivity index (χ2n) is 16.9. The second-order valence-corrected chi connectivity index (χ2v) is 16.9. The summed E-state index contributed by atoms with van der Waals surface area (Å²) < 4.78 is 2.42. The number of anilines is 3. The normalized spacial score (nSPS) is 11.3. The van der Waals surface area contributed by atoms with Gasteiger partial charge in [-0.2, -0.15) is 0 Å². The summed E-state index contributed by atoms with van der Waals surface area (Å²) in [6.45, 7) is 0. The maximum Gasteiger partial charge on any atom is 0.0546 e. The fourth-order valence-corrected chi connectivity index (χ4v) is 9.73. The van der Waals surface area contributed by atoms with Crippen molar-refractivity contribution in [2.45, 2.75) is 0 Å². The number of aromatic nitrogens is 1. The van der Waals surface area contributed by atoms with E-state index in [0.717, 1.165) is 45.0 Å². The van der Waals surface area contributed by atoms with E-state index in [2.05, 4.69) is 276 Å². The van der Waals surface area contributed by atoms with Gasteiger partial charge in [0.2, 0.25) is 0 Å². The van der Waals surface area contributed by atoms with Crippen LogP contribution in [0, 0.1) is 0 Å². The van der Waals surface area contributed by atoms with Gasteiger partial charge in [-0.25, -0.2) is 0 Å². The van der Waals surface area contributed by atoms with E-state index in [-0.39, 0.29) is 0 Å². The van der Waals surface area contributed by atoms with E-state index in [1.807, 2.05) is 0 Å². The maximum atomic E-state index is 2.43. The molecule has 0 fully saturated rings. The summed E-state index contributed by atoms with van der Waals surface area (Å²) in [4.78, 5) is 2.43. The molecule has 12 aromatic rings. The van der Waals surface area contributed by atoms with Crippen molar-refractivity contribution in [2.75, 3.05) is 4.90 Å². The Morgan fingerprint density at radius 1 is 0.258 bits per heavy atom. The number of hydrogen-bond acceptors (Lipinski definition) is 1. The Kier molecular flexibility index (Phi) is 9.89. The molecule has 66 heavy (non-hydrogen) atoms. The number of fused-ring (bicyclic) bond motifs is 4. The average Bonchev–Trinajstić information content (AvgIpc) is 3.74. The Balaban J connectivity index is 1.00. The predicted octanol–water partition coefficient (Wildman–Crippen LogP) is 17.7. The molecule has 1 aromatic heterocycles. The Bertz CT molecular complexity index is 3610. The van der Waals surface area contributed by atoms with Gasteiger partial charge in [0.1, 0.15) is 0 Å². The number of hydrogen-bond donors (Lipinski definition) is 0. The Labute approximate surface area is 385 Å². The molecule has 310 valence electrons. The maximum absolute atomic E-state index is 2.43. The summed E-state index contributed by atoms with van der Waals surface area (Å²) in [6, 6.07) is 97.0.